The average molecular weight is 332 g/mol. The number of urea groups is 1. The van der Waals surface area contributed by atoms with Crippen LogP contribution in [0.15, 0.2) is 30.3 Å². The maximum Gasteiger partial charge on any atom is 0.321 e. The zero-order chi connectivity index (χ0) is 17.4. The van der Waals surface area contributed by atoms with Crippen molar-refractivity contribution < 1.29 is 9.59 Å². The van der Waals surface area contributed by atoms with Gasteiger partial charge in [-0.15, -0.1) is 0 Å². The van der Waals surface area contributed by atoms with E-state index in [0.717, 1.165) is 32.5 Å². The fourth-order valence-electron chi connectivity index (χ4n) is 2.95. The van der Waals surface area contributed by atoms with Crippen LogP contribution in [0.1, 0.15) is 32.3 Å². The number of hydrogen-bond donors (Lipinski definition) is 3. The molecule has 0 bridgehead atoms. The summed E-state index contributed by atoms with van der Waals surface area (Å²) >= 11 is 0. The number of hydrogen-bond acceptors (Lipinski definition) is 4. The molecule has 2 rings (SSSR count). The Balaban J connectivity index is 1.70. The lowest BCUT2D eigenvalue weighted by Crippen LogP contribution is -2.52. The summed E-state index contributed by atoms with van der Waals surface area (Å²) in [7, 11) is 0. The highest BCUT2D eigenvalue weighted by atomic mass is 16.2. The molecule has 1 aliphatic heterocycles. The number of nitrogens with one attached hydrogen (secondary N) is 3. The Kier molecular flexibility index (Phi) is 7.21. The summed E-state index contributed by atoms with van der Waals surface area (Å²) in [6.45, 7) is 7.11. The zero-order valence-electron chi connectivity index (χ0n) is 14.5. The Bertz CT molecular complexity index is 527. The second kappa shape index (κ2) is 9.39. The maximum absolute atomic E-state index is 12.0. The smallest absolute Gasteiger partial charge is 0.321 e. The van der Waals surface area contributed by atoms with E-state index in [-0.39, 0.29) is 11.9 Å². The lowest BCUT2D eigenvalue weighted by atomic mass is 10.0. The first-order valence-electron chi connectivity index (χ1n) is 8.69. The Morgan fingerprint density at radius 3 is 2.50 bits per heavy atom. The van der Waals surface area contributed by atoms with Crippen molar-refractivity contribution in [1.29, 1.82) is 0 Å². The second-order valence-corrected chi connectivity index (χ2v) is 6.27. The van der Waals surface area contributed by atoms with Gasteiger partial charge in [-0.1, -0.05) is 30.3 Å². The molecule has 6 nitrogen and oxygen atoms in total. The molecule has 1 heterocycles. The van der Waals surface area contributed by atoms with Gasteiger partial charge >= 0.3 is 6.03 Å². The molecule has 0 radical (unpaired) electrons. The second-order valence-electron chi connectivity index (χ2n) is 6.27. The molecule has 1 fully saturated rings. The third kappa shape index (κ3) is 5.94. The van der Waals surface area contributed by atoms with Crippen molar-refractivity contribution >= 4 is 11.9 Å². The predicted molar refractivity (Wildman–Crippen MR) is 94.6 cm³/mol. The summed E-state index contributed by atoms with van der Waals surface area (Å²) in [5, 5.41) is 8.24. The highest BCUT2D eigenvalue weighted by Crippen LogP contribution is 2.14. The first-order chi connectivity index (χ1) is 11.6. The first kappa shape index (κ1) is 18.4. The number of nitrogens with zero attached hydrogens (tertiary/aromatic N) is 1. The maximum atomic E-state index is 12.0. The van der Waals surface area contributed by atoms with Gasteiger partial charge in [0.25, 0.3) is 0 Å². The van der Waals surface area contributed by atoms with Crippen LogP contribution in [0, 0.1) is 0 Å². The quantitative estimate of drug-likeness (QED) is 0.738. The predicted octanol–water partition coefficient (Wildman–Crippen LogP) is 1.47. The molecular formula is C18H28N4O2. The summed E-state index contributed by atoms with van der Waals surface area (Å²) < 4.78 is 0. The Hall–Kier alpha value is -1.92. The molecule has 1 aromatic carbocycles. The summed E-state index contributed by atoms with van der Waals surface area (Å²) in [6.07, 6.45) is 2.01. The van der Waals surface area contributed by atoms with E-state index in [1.54, 1.807) is 6.92 Å². The number of carbonyl (C=O) groups excluding carboxylic acids is 2. The van der Waals surface area contributed by atoms with Gasteiger partial charge < -0.3 is 10.6 Å². The van der Waals surface area contributed by atoms with Crippen LogP contribution in [-0.2, 0) is 11.3 Å². The van der Waals surface area contributed by atoms with Gasteiger partial charge in [0.15, 0.2) is 0 Å². The van der Waals surface area contributed by atoms with Gasteiger partial charge in [0.1, 0.15) is 0 Å². The van der Waals surface area contributed by atoms with Crippen molar-refractivity contribution in [1.82, 2.24) is 20.9 Å². The van der Waals surface area contributed by atoms with Crippen LogP contribution in [0.2, 0.25) is 0 Å². The Labute approximate surface area is 144 Å². The van der Waals surface area contributed by atoms with Crippen LogP contribution >= 0.6 is 0 Å². The van der Waals surface area contributed by atoms with Crippen LogP contribution in [0.25, 0.3) is 0 Å². The van der Waals surface area contributed by atoms with Gasteiger partial charge in [0.2, 0.25) is 5.91 Å². The summed E-state index contributed by atoms with van der Waals surface area (Å²) in [6, 6.07) is 9.97. The molecule has 1 aromatic rings. The fraction of sp³-hybridized carbons (Fsp3) is 0.556. The minimum atomic E-state index is -0.436. The molecule has 0 saturated carbocycles. The number of carbonyl (C=O) groups is 2. The van der Waals surface area contributed by atoms with Gasteiger partial charge in [-0.25, -0.2) is 4.79 Å². The largest absolute Gasteiger partial charge is 0.338 e. The average Bonchev–Trinajstić information content (AvgIpc) is 2.57. The molecule has 0 aromatic heterocycles. The van der Waals surface area contributed by atoms with Crippen molar-refractivity contribution in [2.45, 2.75) is 45.3 Å². The number of imide groups is 1. The molecule has 1 unspecified atom stereocenters. The number of rotatable bonds is 6. The van der Waals surface area contributed by atoms with E-state index < -0.39 is 6.03 Å². The minimum absolute atomic E-state index is 0.285. The zero-order valence-corrected chi connectivity index (χ0v) is 14.5. The highest BCUT2D eigenvalue weighted by molar-refractivity contribution is 5.96. The van der Waals surface area contributed by atoms with Crippen molar-refractivity contribution in [3.05, 3.63) is 35.9 Å². The molecule has 132 valence electrons. The molecule has 0 spiro atoms. The van der Waals surface area contributed by atoms with Gasteiger partial charge in [-0.2, -0.15) is 0 Å². The topological polar surface area (TPSA) is 73.5 Å². The number of piperidine rings is 1. The van der Waals surface area contributed by atoms with Crippen LogP contribution < -0.4 is 16.0 Å². The number of likely N-dealkylation sites (tertiary alicyclic amines) is 1. The van der Waals surface area contributed by atoms with Gasteiger partial charge in [-0.05, 0) is 45.3 Å². The van der Waals surface area contributed by atoms with Crippen molar-refractivity contribution in [3.8, 4) is 0 Å². The normalized spacial score (nSPS) is 17.2. The molecule has 1 saturated heterocycles. The van der Waals surface area contributed by atoms with Gasteiger partial charge in [0.05, 0.1) is 6.04 Å². The van der Waals surface area contributed by atoms with Gasteiger partial charge in [0, 0.05) is 19.1 Å². The molecule has 1 aliphatic rings. The lowest BCUT2D eigenvalue weighted by Gasteiger charge is -2.33. The molecule has 6 heteroatoms. The van der Waals surface area contributed by atoms with Crippen molar-refractivity contribution in [3.63, 3.8) is 0 Å². The minimum Gasteiger partial charge on any atom is -0.338 e. The van der Waals surface area contributed by atoms with Crippen molar-refractivity contribution in [2.75, 3.05) is 19.6 Å². The van der Waals surface area contributed by atoms with Crippen LogP contribution in [-0.4, -0.2) is 48.6 Å². The number of benzene rings is 1. The van der Waals surface area contributed by atoms with E-state index in [1.807, 2.05) is 13.0 Å². The van der Waals surface area contributed by atoms with E-state index in [0.29, 0.717) is 12.6 Å². The van der Waals surface area contributed by atoms with E-state index in [2.05, 4.69) is 45.1 Å². The lowest BCUT2D eigenvalue weighted by molar-refractivity contribution is -0.121. The van der Waals surface area contributed by atoms with Gasteiger partial charge in [-0.3, -0.25) is 15.0 Å². The summed E-state index contributed by atoms with van der Waals surface area (Å²) in [4.78, 5) is 25.8. The third-order valence-electron chi connectivity index (χ3n) is 4.29. The molecule has 3 amide bonds. The van der Waals surface area contributed by atoms with Crippen LogP contribution in [0.3, 0.4) is 0 Å². The summed E-state index contributed by atoms with van der Waals surface area (Å²) in [5.74, 6) is -0.285. The van der Waals surface area contributed by atoms with E-state index in [4.69, 9.17) is 0 Å². The van der Waals surface area contributed by atoms with Crippen LogP contribution in [0.5, 0.6) is 0 Å². The SMILES string of the molecule is CCNC(=O)NC(=O)C(C)NC1CCN(Cc2ccccc2)CC1. The van der Waals surface area contributed by atoms with E-state index in [9.17, 15) is 9.59 Å². The monoisotopic (exact) mass is 332 g/mol. The Morgan fingerprint density at radius 2 is 1.88 bits per heavy atom. The van der Waals surface area contributed by atoms with E-state index in [1.165, 1.54) is 5.56 Å². The molecule has 24 heavy (non-hydrogen) atoms. The Morgan fingerprint density at radius 1 is 1.21 bits per heavy atom. The summed E-state index contributed by atoms with van der Waals surface area (Å²) in [5.41, 5.74) is 1.33. The first-order valence-corrected chi connectivity index (χ1v) is 8.69. The molecular weight excluding hydrogens is 304 g/mol. The third-order valence-corrected chi connectivity index (χ3v) is 4.29. The molecule has 3 N–H and O–H groups in total. The standard InChI is InChI=1S/C18H28N4O2/c1-3-19-18(24)21-17(23)14(2)20-16-9-11-22(12-10-16)13-15-7-5-4-6-8-15/h4-8,14,16,20H,3,9-13H2,1-2H3,(H2,19,21,23,24). The highest BCUT2D eigenvalue weighted by Gasteiger charge is 2.23. The van der Waals surface area contributed by atoms with Crippen LogP contribution in [0.4, 0.5) is 4.79 Å². The molecule has 0 aliphatic carbocycles. The van der Waals surface area contributed by atoms with E-state index >= 15 is 0 Å². The molecule has 1 atom stereocenters. The van der Waals surface area contributed by atoms with Crippen molar-refractivity contribution in [2.24, 2.45) is 0 Å². The number of amides is 3. The fourth-order valence-corrected chi connectivity index (χ4v) is 2.95.